The zero-order valence-electron chi connectivity index (χ0n) is 22.9. The monoisotopic (exact) mass is 547 g/mol. The van der Waals surface area contributed by atoms with E-state index in [9.17, 15) is 4.79 Å². The van der Waals surface area contributed by atoms with Crippen molar-refractivity contribution in [3.8, 4) is 17.2 Å². The summed E-state index contributed by atoms with van der Waals surface area (Å²) in [6.45, 7) is 8.06. The highest BCUT2D eigenvalue weighted by molar-refractivity contribution is 6.00. The molecule has 206 valence electrons. The van der Waals surface area contributed by atoms with Crippen molar-refractivity contribution in [2.24, 2.45) is 7.05 Å². The lowest BCUT2D eigenvalue weighted by molar-refractivity contribution is -0.127. The van der Waals surface area contributed by atoms with Crippen LogP contribution in [0.2, 0.25) is 0 Å². The molecule has 7 rings (SSSR count). The van der Waals surface area contributed by atoms with Crippen molar-refractivity contribution in [2.75, 3.05) is 36.5 Å². The number of anilines is 3. The summed E-state index contributed by atoms with van der Waals surface area (Å²) in [5.41, 5.74) is 5.57. The predicted octanol–water partition coefficient (Wildman–Crippen LogP) is 4.96. The Hall–Kier alpha value is -5.12. The van der Waals surface area contributed by atoms with Gasteiger partial charge in [-0.1, -0.05) is 6.58 Å². The average molecular weight is 548 g/mol. The third-order valence-electron chi connectivity index (χ3n) is 7.80. The third-order valence-corrected chi connectivity index (χ3v) is 7.80. The molecule has 41 heavy (non-hydrogen) atoms. The second-order valence-electron chi connectivity index (χ2n) is 10.4. The molecule has 4 heterocycles. The summed E-state index contributed by atoms with van der Waals surface area (Å²) in [5, 5.41) is 4.30. The minimum absolute atomic E-state index is 0.0465. The van der Waals surface area contributed by atoms with Gasteiger partial charge >= 0.3 is 0 Å². The molecule has 1 fully saturated rings. The van der Waals surface area contributed by atoms with Gasteiger partial charge in [0.1, 0.15) is 30.3 Å². The highest BCUT2D eigenvalue weighted by Crippen LogP contribution is 2.43. The van der Waals surface area contributed by atoms with Crippen LogP contribution in [0.1, 0.15) is 5.56 Å². The van der Waals surface area contributed by atoms with Crippen LogP contribution in [0.25, 0.3) is 21.9 Å². The molecular weight excluding hydrogens is 518 g/mol. The van der Waals surface area contributed by atoms with Crippen LogP contribution in [0.5, 0.6) is 17.2 Å². The Morgan fingerprint density at radius 1 is 1.10 bits per heavy atom. The van der Waals surface area contributed by atoms with E-state index >= 15 is 0 Å². The van der Waals surface area contributed by atoms with Crippen LogP contribution in [-0.2, 0) is 11.8 Å². The van der Waals surface area contributed by atoms with Gasteiger partial charge in [-0.3, -0.25) is 4.79 Å². The lowest BCUT2D eigenvalue weighted by Crippen LogP contribution is -2.58. The SMILES string of the molecule is C=CC(=O)N1CCN2c3ccc4ncnc(Nc5ccc(Oc6ccc7c(c6)ncn7C)c(C)c5)c4c3OCC2C1. The maximum Gasteiger partial charge on any atom is 0.246 e. The van der Waals surface area contributed by atoms with Crippen molar-refractivity contribution in [1.82, 2.24) is 24.4 Å². The van der Waals surface area contributed by atoms with Gasteiger partial charge in [0.05, 0.1) is 40.0 Å². The molecule has 1 atom stereocenters. The fourth-order valence-electron chi connectivity index (χ4n) is 5.69. The molecule has 1 N–H and O–H groups in total. The van der Waals surface area contributed by atoms with Gasteiger partial charge in [0, 0.05) is 38.4 Å². The van der Waals surface area contributed by atoms with E-state index in [1.165, 1.54) is 6.08 Å². The first-order chi connectivity index (χ1) is 20.0. The van der Waals surface area contributed by atoms with E-state index in [0.717, 1.165) is 62.7 Å². The molecule has 2 aliphatic heterocycles. The van der Waals surface area contributed by atoms with Crippen molar-refractivity contribution in [3.05, 3.63) is 79.4 Å². The number of benzene rings is 3. The maximum absolute atomic E-state index is 12.2. The zero-order valence-corrected chi connectivity index (χ0v) is 22.9. The number of piperazine rings is 1. The van der Waals surface area contributed by atoms with E-state index in [-0.39, 0.29) is 11.9 Å². The number of carbonyl (C=O) groups is 1. The zero-order chi connectivity index (χ0) is 28.1. The fraction of sp³-hybridized carbons (Fsp3) is 0.226. The normalized spacial score (nSPS) is 16.2. The molecular formula is C31H29N7O3. The number of imidazole rings is 1. The van der Waals surface area contributed by atoms with Crippen molar-refractivity contribution < 1.29 is 14.3 Å². The second kappa shape index (κ2) is 9.81. The van der Waals surface area contributed by atoms with Gasteiger partial charge in [-0.25, -0.2) is 15.0 Å². The van der Waals surface area contributed by atoms with Crippen LogP contribution < -0.4 is 19.7 Å². The highest BCUT2D eigenvalue weighted by Gasteiger charge is 2.35. The quantitative estimate of drug-likeness (QED) is 0.309. The molecule has 1 amide bonds. The van der Waals surface area contributed by atoms with Gasteiger partial charge in [-0.05, 0) is 61.0 Å². The summed E-state index contributed by atoms with van der Waals surface area (Å²) in [6, 6.07) is 16.0. The second-order valence-corrected chi connectivity index (χ2v) is 10.4. The first-order valence-electron chi connectivity index (χ1n) is 13.5. The van der Waals surface area contributed by atoms with Crippen LogP contribution in [0, 0.1) is 6.92 Å². The number of hydrogen-bond acceptors (Lipinski definition) is 8. The number of fused-ring (bicyclic) bond motifs is 6. The lowest BCUT2D eigenvalue weighted by atomic mass is 10.1. The number of nitrogens with zero attached hydrogens (tertiary/aromatic N) is 6. The minimum Gasteiger partial charge on any atom is -0.488 e. The van der Waals surface area contributed by atoms with E-state index in [1.54, 1.807) is 12.7 Å². The Bertz CT molecular complexity index is 1830. The summed E-state index contributed by atoms with van der Waals surface area (Å²) in [7, 11) is 1.97. The van der Waals surface area contributed by atoms with Crippen molar-refractivity contribution in [1.29, 1.82) is 0 Å². The Kier molecular flexibility index (Phi) is 5.96. The van der Waals surface area contributed by atoms with Gasteiger partial charge < -0.3 is 29.2 Å². The van der Waals surface area contributed by atoms with E-state index in [1.807, 2.05) is 72.0 Å². The molecule has 10 heteroatoms. The van der Waals surface area contributed by atoms with Gasteiger partial charge in [0.25, 0.3) is 0 Å². The average Bonchev–Trinajstić information content (AvgIpc) is 3.37. The Morgan fingerprint density at radius 2 is 2.00 bits per heavy atom. The third kappa shape index (κ3) is 4.37. The minimum atomic E-state index is -0.0465. The van der Waals surface area contributed by atoms with Crippen LogP contribution in [0.3, 0.4) is 0 Å². The number of rotatable bonds is 5. The van der Waals surface area contributed by atoms with E-state index < -0.39 is 0 Å². The van der Waals surface area contributed by atoms with Gasteiger partial charge in [-0.15, -0.1) is 0 Å². The van der Waals surface area contributed by atoms with Gasteiger partial charge in [0.15, 0.2) is 5.75 Å². The largest absolute Gasteiger partial charge is 0.488 e. The first-order valence-corrected chi connectivity index (χ1v) is 13.5. The Morgan fingerprint density at radius 3 is 2.85 bits per heavy atom. The topological polar surface area (TPSA) is 97.6 Å². The molecule has 3 aromatic carbocycles. The molecule has 10 nitrogen and oxygen atoms in total. The van der Waals surface area contributed by atoms with Gasteiger partial charge in [0.2, 0.25) is 5.91 Å². The first kappa shape index (κ1) is 24.9. The van der Waals surface area contributed by atoms with Crippen molar-refractivity contribution in [2.45, 2.75) is 13.0 Å². The number of aromatic nitrogens is 4. The number of aryl methyl sites for hydroxylation is 2. The summed E-state index contributed by atoms with van der Waals surface area (Å²) in [4.78, 5) is 29.8. The molecule has 5 aromatic rings. The molecule has 0 saturated carbocycles. The standard InChI is InChI=1S/C31H29N7O3/c1-4-28(39)37-11-12-38-21(15-37)16-40-30-26(38)9-7-23-29(30)31(33-17-32-23)35-20-5-10-27(19(2)13-20)41-22-6-8-25-24(14-22)34-18-36(25)3/h4-10,13-14,17-18,21H,1,11-12,15-16H2,2-3H3,(H,32,33,35). The summed E-state index contributed by atoms with van der Waals surface area (Å²) in [5.74, 6) is 2.87. The number of carbonyl (C=O) groups excluding carboxylic acids is 1. The van der Waals surface area contributed by atoms with Crippen LogP contribution in [0.15, 0.2) is 73.8 Å². The molecule has 2 aliphatic rings. The predicted molar refractivity (Wildman–Crippen MR) is 158 cm³/mol. The van der Waals surface area contributed by atoms with Crippen LogP contribution >= 0.6 is 0 Å². The van der Waals surface area contributed by atoms with Crippen LogP contribution in [0.4, 0.5) is 17.2 Å². The molecule has 2 aromatic heterocycles. The molecule has 0 spiro atoms. The number of ether oxygens (including phenoxy) is 2. The van der Waals surface area contributed by atoms with E-state index in [2.05, 4.69) is 31.7 Å². The molecule has 1 unspecified atom stereocenters. The summed E-state index contributed by atoms with van der Waals surface area (Å²) >= 11 is 0. The number of nitrogens with one attached hydrogen (secondary N) is 1. The Balaban J connectivity index is 1.16. The van der Waals surface area contributed by atoms with E-state index in [0.29, 0.717) is 25.5 Å². The summed E-state index contributed by atoms with van der Waals surface area (Å²) in [6.07, 6.45) is 4.72. The lowest BCUT2D eigenvalue weighted by Gasteiger charge is -2.45. The maximum atomic E-state index is 12.2. The highest BCUT2D eigenvalue weighted by atomic mass is 16.5. The van der Waals surface area contributed by atoms with Crippen molar-refractivity contribution in [3.63, 3.8) is 0 Å². The number of amides is 1. The smallest absolute Gasteiger partial charge is 0.246 e. The molecule has 0 radical (unpaired) electrons. The fourth-order valence-corrected chi connectivity index (χ4v) is 5.69. The molecule has 1 saturated heterocycles. The molecule has 0 bridgehead atoms. The van der Waals surface area contributed by atoms with Crippen LogP contribution in [-0.4, -0.2) is 62.6 Å². The Labute approximate surface area is 236 Å². The van der Waals surface area contributed by atoms with Crippen molar-refractivity contribution >= 4 is 45.0 Å². The van der Waals surface area contributed by atoms with Gasteiger partial charge in [-0.2, -0.15) is 0 Å². The van der Waals surface area contributed by atoms with E-state index in [4.69, 9.17) is 9.47 Å². The summed E-state index contributed by atoms with van der Waals surface area (Å²) < 4.78 is 14.5. The molecule has 0 aliphatic carbocycles. The number of hydrogen-bond donors (Lipinski definition) is 1.